The van der Waals surface area contributed by atoms with Gasteiger partial charge in [0.05, 0.1) is 4.88 Å². The first-order valence-electron chi connectivity index (χ1n) is 5.56. The maximum atomic E-state index is 11.6. The minimum Gasteiger partial charge on any atom is -0.456 e. The molecule has 0 atom stereocenters. The molecule has 1 heterocycles. The van der Waals surface area contributed by atoms with E-state index in [0.717, 1.165) is 25.7 Å². The van der Waals surface area contributed by atoms with Gasteiger partial charge in [0.15, 0.2) is 0 Å². The lowest BCUT2D eigenvalue weighted by atomic mass is 9.98. The first-order chi connectivity index (χ1) is 7.77. The lowest BCUT2D eigenvalue weighted by Gasteiger charge is -2.21. The molecule has 1 aromatic rings. The van der Waals surface area contributed by atoms with Gasteiger partial charge in [-0.3, -0.25) is 4.79 Å². The van der Waals surface area contributed by atoms with Gasteiger partial charge in [-0.25, -0.2) is 4.79 Å². The van der Waals surface area contributed by atoms with Crippen LogP contribution in [0.3, 0.4) is 0 Å². The highest BCUT2D eigenvalue weighted by Crippen LogP contribution is 2.21. The second kappa shape index (κ2) is 5.25. The molecule has 16 heavy (non-hydrogen) atoms. The van der Waals surface area contributed by atoms with Gasteiger partial charge in [0, 0.05) is 0 Å². The molecule has 0 radical (unpaired) electrons. The molecule has 1 aliphatic carbocycles. The van der Waals surface area contributed by atoms with Crippen molar-refractivity contribution in [2.24, 2.45) is 0 Å². The fraction of sp³-hybridized carbons (Fsp3) is 0.500. The summed E-state index contributed by atoms with van der Waals surface area (Å²) in [5, 5.41) is 1.78. The molecule has 0 bridgehead atoms. The van der Waals surface area contributed by atoms with Gasteiger partial charge in [-0.1, -0.05) is 12.5 Å². The second-order valence-corrected chi connectivity index (χ2v) is 4.92. The van der Waals surface area contributed by atoms with E-state index in [2.05, 4.69) is 0 Å². The molecular formula is C12H14O3S. The predicted molar refractivity (Wildman–Crippen MR) is 61.6 cm³/mol. The summed E-state index contributed by atoms with van der Waals surface area (Å²) in [6.07, 6.45) is 5.11. The Morgan fingerprint density at radius 3 is 2.62 bits per heavy atom. The summed E-state index contributed by atoms with van der Waals surface area (Å²) in [4.78, 5) is 23.6. The van der Waals surface area contributed by atoms with Gasteiger partial charge in [-0.05, 0) is 37.1 Å². The fourth-order valence-electron chi connectivity index (χ4n) is 1.90. The average Bonchev–Trinajstić information content (AvgIpc) is 2.83. The normalized spacial score (nSPS) is 17.0. The maximum absolute atomic E-state index is 11.6. The van der Waals surface area contributed by atoms with E-state index in [1.54, 1.807) is 17.5 Å². The molecule has 0 aromatic carbocycles. The largest absolute Gasteiger partial charge is 0.456 e. The molecule has 3 nitrogen and oxygen atoms in total. The van der Waals surface area contributed by atoms with Gasteiger partial charge in [0.2, 0.25) is 0 Å². The van der Waals surface area contributed by atoms with Crippen molar-refractivity contribution in [2.45, 2.75) is 38.2 Å². The number of ether oxygens (including phenoxy) is 1. The zero-order chi connectivity index (χ0) is 11.4. The molecule has 1 aromatic heterocycles. The van der Waals surface area contributed by atoms with Gasteiger partial charge in [0.1, 0.15) is 6.10 Å². The fourth-order valence-corrected chi connectivity index (χ4v) is 2.55. The summed E-state index contributed by atoms with van der Waals surface area (Å²) < 4.78 is 5.20. The SMILES string of the molecule is O=C(OC1CCCCC1)C(=O)c1cccs1. The topological polar surface area (TPSA) is 43.4 Å². The molecule has 0 unspecified atom stereocenters. The van der Waals surface area contributed by atoms with E-state index in [-0.39, 0.29) is 6.10 Å². The molecule has 1 fully saturated rings. The Hall–Kier alpha value is -1.16. The van der Waals surface area contributed by atoms with E-state index in [9.17, 15) is 9.59 Å². The predicted octanol–water partition coefficient (Wildman–Crippen LogP) is 2.81. The molecule has 0 aliphatic heterocycles. The zero-order valence-corrected chi connectivity index (χ0v) is 9.79. The molecule has 0 saturated heterocycles. The van der Waals surface area contributed by atoms with E-state index < -0.39 is 11.8 Å². The van der Waals surface area contributed by atoms with Crippen LogP contribution in [-0.2, 0) is 9.53 Å². The van der Waals surface area contributed by atoms with Crippen LogP contribution in [0, 0.1) is 0 Å². The first-order valence-corrected chi connectivity index (χ1v) is 6.44. The van der Waals surface area contributed by atoms with Crippen molar-refractivity contribution in [3.8, 4) is 0 Å². The lowest BCUT2D eigenvalue weighted by Crippen LogP contribution is -2.25. The van der Waals surface area contributed by atoms with Crippen molar-refractivity contribution >= 4 is 23.1 Å². The molecule has 0 amide bonds. The summed E-state index contributed by atoms with van der Waals surface area (Å²) in [6.45, 7) is 0. The van der Waals surface area contributed by atoms with Crippen LogP contribution >= 0.6 is 11.3 Å². The monoisotopic (exact) mass is 238 g/mol. The molecule has 86 valence electrons. The third-order valence-electron chi connectivity index (χ3n) is 2.76. The zero-order valence-electron chi connectivity index (χ0n) is 8.98. The van der Waals surface area contributed by atoms with Crippen LogP contribution in [0.2, 0.25) is 0 Å². The van der Waals surface area contributed by atoms with E-state index in [0.29, 0.717) is 4.88 Å². The average molecular weight is 238 g/mol. The van der Waals surface area contributed by atoms with Crippen LogP contribution in [0.4, 0.5) is 0 Å². The van der Waals surface area contributed by atoms with Gasteiger partial charge < -0.3 is 4.74 Å². The summed E-state index contributed by atoms with van der Waals surface area (Å²) in [5.41, 5.74) is 0. The van der Waals surface area contributed by atoms with Crippen molar-refractivity contribution < 1.29 is 14.3 Å². The van der Waals surface area contributed by atoms with Crippen molar-refractivity contribution in [1.82, 2.24) is 0 Å². The number of ketones is 1. The molecule has 0 spiro atoms. The van der Waals surface area contributed by atoms with Crippen molar-refractivity contribution in [1.29, 1.82) is 0 Å². The molecule has 0 N–H and O–H groups in total. The summed E-state index contributed by atoms with van der Waals surface area (Å²) in [6, 6.07) is 3.40. The van der Waals surface area contributed by atoms with Crippen LogP contribution in [0.5, 0.6) is 0 Å². The number of thiophene rings is 1. The van der Waals surface area contributed by atoms with E-state index in [1.165, 1.54) is 17.8 Å². The summed E-state index contributed by atoms with van der Waals surface area (Å²) in [7, 11) is 0. The van der Waals surface area contributed by atoms with Crippen molar-refractivity contribution in [3.63, 3.8) is 0 Å². The number of esters is 1. The Labute approximate surface area is 98.4 Å². The van der Waals surface area contributed by atoms with Crippen LogP contribution in [0.1, 0.15) is 41.8 Å². The van der Waals surface area contributed by atoms with Crippen molar-refractivity contribution in [3.05, 3.63) is 22.4 Å². The number of rotatable bonds is 3. The second-order valence-electron chi connectivity index (χ2n) is 3.97. The van der Waals surface area contributed by atoms with Crippen molar-refractivity contribution in [2.75, 3.05) is 0 Å². The highest BCUT2D eigenvalue weighted by Gasteiger charge is 2.24. The quantitative estimate of drug-likeness (QED) is 0.462. The van der Waals surface area contributed by atoms with Gasteiger partial charge in [-0.2, -0.15) is 0 Å². The smallest absolute Gasteiger partial charge is 0.380 e. The van der Waals surface area contributed by atoms with Crippen LogP contribution < -0.4 is 0 Å². The number of carbonyl (C=O) groups is 2. The molecule has 1 saturated carbocycles. The van der Waals surface area contributed by atoms with E-state index >= 15 is 0 Å². The minimum atomic E-state index is -0.700. The van der Waals surface area contributed by atoms with E-state index in [1.807, 2.05) is 0 Å². The van der Waals surface area contributed by atoms with Crippen LogP contribution in [0.25, 0.3) is 0 Å². The Balaban J connectivity index is 1.90. The van der Waals surface area contributed by atoms with E-state index in [4.69, 9.17) is 4.74 Å². The number of hydrogen-bond acceptors (Lipinski definition) is 4. The number of hydrogen-bond donors (Lipinski definition) is 0. The van der Waals surface area contributed by atoms with Crippen LogP contribution in [0.15, 0.2) is 17.5 Å². The molecule has 2 rings (SSSR count). The highest BCUT2D eigenvalue weighted by atomic mass is 32.1. The molecule has 1 aliphatic rings. The highest BCUT2D eigenvalue weighted by molar-refractivity contribution is 7.12. The Morgan fingerprint density at radius 1 is 1.25 bits per heavy atom. The summed E-state index contributed by atoms with van der Waals surface area (Å²) in [5.74, 6) is -1.21. The Bertz CT molecular complexity index is 364. The number of carbonyl (C=O) groups excluding carboxylic acids is 2. The minimum absolute atomic E-state index is 0.0508. The Morgan fingerprint density at radius 2 is 2.00 bits per heavy atom. The van der Waals surface area contributed by atoms with Gasteiger partial charge in [-0.15, -0.1) is 11.3 Å². The van der Waals surface area contributed by atoms with Crippen LogP contribution in [-0.4, -0.2) is 17.9 Å². The van der Waals surface area contributed by atoms with Gasteiger partial charge >= 0.3 is 5.97 Å². The summed E-state index contributed by atoms with van der Waals surface area (Å²) >= 11 is 1.27. The standard InChI is InChI=1S/C12H14O3S/c13-11(10-7-4-8-16-10)12(14)15-9-5-2-1-3-6-9/h4,7-9H,1-3,5-6H2. The van der Waals surface area contributed by atoms with Gasteiger partial charge in [0.25, 0.3) is 5.78 Å². The Kier molecular flexibility index (Phi) is 3.72. The maximum Gasteiger partial charge on any atom is 0.380 e. The molecular weight excluding hydrogens is 224 g/mol. The molecule has 4 heteroatoms. The number of Topliss-reactive ketones (excluding diaryl/α,β-unsaturated/α-hetero) is 1. The lowest BCUT2D eigenvalue weighted by molar-refractivity contribution is -0.144. The third-order valence-corrected chi connectivity index (χ3v) is 3.62. The third kappa shape index (κ3) is 2.70. The first kappa shape index (κ1) is 11.3.